The first-order valence-electron chi connectivity index (χ1n) is 7.78. The molecule has 1 heterocycles. The van der Waals surface area contributed by atoms with E-state index in [0.29, 0.717) is 0 Å². The molecule has 0 spiro atoms. The Balaban J connectivity index is 1.91. The summed E-state index contributed by atoms with van der Waals surface area (Å²) in [5, 5.41) is 0. The van der Waals surface area contributed by atoms with E-state index in [-0.39, 0.29) is 5.91 Å². The molecule has 21 heavy (non-hydrogen) atoms. The monoisotopic (exact) mass is 279 g/mol. The molecule has 1 aliphatic heterocycles. The van der Waals surface area contributed by atoms with Crippen molar-refractivity contribution >= 4 is 11.6 Å². The maximum absolute atomic E-state index is 12.8. The molecule has 108 valence electrons. The first-order chi connectivity index (χ1) is 10.3. The number of nitrogens with zero attached hydrogens (tertiary/aromatic N) is 1. The number of carbonyl (C=O) groups is 1. The number of carbonyl (C=O) groups excluding carboxylic acids is 1. The number of hydrogen-bond donors (Lipinski definition) is 0. The second-order valence-corrected chi connectivity index (χ2v) is 5.64. The first kappa shape index (κ1) is 13.9. The number of amides is 1. The van der Waals surface area contributed by atoms with Gasteiger partial charge in [-0.1, -0.05) is 43.7 Å². The molecule has 0 aromatic heterocycles. The summed E-state index contributed by atoms with van der Waals surface area (Å²) in [7, 11) is 0. The molecule has 2 nitrogen and oxygen atoms in total. The molecule has 1 amide bonds. The van der Waals surface area contributed by atoms with Crippen LogP contribution in [0.5, 0.6) is 0 Å². The van der Waals surface area contributed by atoms with Crippen molar-refractivity contribution in [3.05, 3.63) is 65.2 Å². The number of benzene rings is 2. The van der Waals surface area contributed by atoms with E-state index in [1.165, 1.54) is 11.1 Å². The summed E-state index contributed by atoms with van der Waals surface area (Å²) in [5.74, 6) is 0.125. The predicted octanol–water partition coefficient (Wildman–Crippen LogP) is 4.23. The highest BCUT2D eigenvalue weighted by Gasteiger charge is 2.23. The minimum Gasteiger partial charge on any atom is -0.308 e. The fourth-order valence-electron chi connectivity index (χ4n) is 3.05. The van der Waals surface area contributed by atoms with Crippen molar-refractivity contribution in [1.29, 1.82) is 0 Å². The maximum Gasteiger partial charge on any atom is 0.258 e. The predicted molar refractivity (Wildman–Crippen MR) is 86.9 cm³/mol. The van der Waals surface area contributed by atoms with E-state index in [1.54, 1.807) is 0 Å². The second-order valence-electron chi connectivity index (χ2n) is 5.64. The summed E-state index contributed by atoms with van der Waals surface area (Å²) in [6, 6.07) is 16.3. The minimum atomic E-state index is 0.125. The Bertz CT molecular complexity index is 648. The summed E-state index contributed by atoms with van der Waals surface area (Å²) in [5.41, 5.74) is 4.41. The summed E-state index contributed by atoms with van der Waals surface area (Å²) < 4.78 is 0. The van der Waals surface area contributed by atoms with E-state index < -0.39 is 0 Å². The Morgan fingerprint density at radius 3 is 2.86 bits per heavy atom. The molecular weight excluding hydrogens is 258 g/mol. The Hall–Kier alpha value is -2.09. The van der Waals surface area contributed by atoms with Gasteiger partial charge in [-0.3, -0.25) is 4.79 Å². The van der Waals surface area contributed by atoms with E-state index in [9.17, 15) is 4.79 Å². The van der Waals surface area contributed by atoms with Crippen LogP contribution in [-0.2, 0) is 12.8 Å². The fraction of sp³-hybridized carbons (Fsp3) is 0.316. The van der Waals surface area contributed by atoms with Crippen LogP contribution in [0.15, 0.2) is 48.5 Å². The van der Waals surface area contributed by atoms with Gasteiger partial charge in [0, 0.05) is 17.8 Å². The quantitative estimate of drug-likeness (QED) is 0.823. The molecule has 2 heteroatoms. The zero-order chi connectivity index (χ0) is 14.7. The van der Waals surface area contributed by atoms with Crippen molar-refractivity contribution < 1.29 is 4.79 Å². The van der Waals surface area contributed by atoms with Crippen LogP contribution in [0.25, 0.3) is 0 Å². The van der Waals surface area contributed by atoms with Crippen molar-refractivity contribution in [1.82, 2.24) is 0 Å². The molecule has 0 saturated carbocycles. The van der Waals surface area contributed by atoms with E-state index in [2.05, 4.69) is 31.2 Å². The molecule has 3 rings (SSSR count). The van der Waals surface area contributed by atoms with Crippen LogP contribution in [0.2, 0.25) is 0 Å². The molecule has 0 unspecified atom stereocenters. The van der Waals surface area contributed by atoms with Crippen LogP contribution in [-0.4, -0.2) is 12.5 Å². The number of rotatable bonds is 3. The van der Waals surface area contributed by atoms with Gasteiger partial charge in [-0.25, -0.2) is 0 Å². The lowest BCUT2D eigenvalue weighted by Gasteiger charge is -2.29. The van der Waals surface area contributed by atoms with Crippen molar-refractivity contribution in [2.75, 3.05) is 11.4 Å². The summed E-state index contributed by atoms with van der Waals surface area (Å²) in [6.45, 7) is 2.98. The van der Waals surface area contributed by atoms with Crippen LogP contribution >= 0.6 is 0 Å². The first-order valence-corrected chi connectivity index (χ1v) is 7.78. The largest absolute Gasteiger partial charge is 0.308 e. The SMILES string of the molecule is CCCc1cccc(C(=O)N2CCCc3ccccc32)c1. The molecule has 1 aliphatic rings. The smallest absolute Gasteiger partial charge is 0.258 e. The summed E-state index contributed by atoms with van der Waals surface area (Å²) in [4.78, 5) is 14.8. The zero-order valence-corrected chi connectivity index (χ0v) is 12.5. The van der Waals surface area contributed by atoms with Crippen molar-refractivity contribution in [2.24, 2.45) is 0 Å². The van der Waals surface area contributed by atoms with Crippen molar-refractivity contribution in [3.63, 3.8) is 0 Å². The molecule has 0 fully saturated rings. The molecule has 0 bridgehead atoms. The minimum absolute atomic E-state index is 0.125. The van der Waals surface area contributed by atoms with Gasteiger partial charge in [0.2, 0.25) is 0 Å². The third-order valence-electron chi connectivity index (χ3n) is 4.07. The highest BCUT2D eigenvalue weighted by atomic mass is 16.2. The Labute approximate surface area is 126 Å². The number of fused-ring (bicyclic) bond motifs is 1. The van der Waals surface area contributed by atoms with Crippen LogP contribution < -0.4 is 4.90 Å². The van der Waals surface area contributed by atoms with E-state index in [4.69, 9.17) is 0 Å². The molecule has 2 aromatic rings. The molecule has 0 radical (unpaired) electrons. The standard InChI is InChI=1S/C19H21NO/c1-2-7-15-8-5-10-17(14-15)19(21)20-13-6-11-16-9-3-4-12-18(16)20/h3-5,8-10,12,14H,2,6-7,11,13H2,1H3. The van der Waals surface area contributed by atoms with Crippen molar-refractivity contribution in [2.45, 2.75) is 32.6 Å². The van der Waals surface area contributed by atoms with Gasteiger partial charge in [0.1, 0.15) is 0 Å². The molecule has 0 atom stereocenters. The van der Waals surface area contributed by atoms with Gasteiger partial charge in [0.15, 0.2) is 0 Å². The number of anilines is 1. The lowest BCUT2D eigenvalue weighted by Crippen LogP contribution is -2.35. The topological polar surface area (TPSA) is 20.3 Å². The summed E-state index contributed by atoms with van der Waals surface area (Å²) in [6.07, 6.45) is 4.23. The van der Waals surface area contributed by atoms with Gasteiger partial charge in [0.25, 0.3) is 5.91 Å². The lowest BCUT2D eigenvalue weighted by atomic mass is 10.00. The Morgan fingerprint density at radius 2 is 2.00 bits per heavy atom. The van der Waals surface area contributed by atoms with Crippen LogP contribution in [0.4, 0.5) is 5.69 Å². The molecule has 0 N–H and O–H groups in total. The van der Waals surface area contributed by atoms with E-state index in [0.717, 1.165) is 43.5 Å². The van der Waals surface area contributed by atoms with Gasteiger partial charge >= 0.3 is 0 Å². The fourth-order valence-corrected chi connectivity index (χ4v) is 3.05. The highest BCUT2D eigenvalue weighted by Crippen LogP contribution is 2.28. The Kier molecular flexibility index (Phi) is 4.05. The van der Waals surface area contributed by atoms with Crippen LogP contribution in [0, 0.1) is 0 Å². The van der Waals surface area contributed by atoms with Gasteiger partial charge in [-0.15, -0.1) is 0 Å². The highest BCUT2D eigenvalue weighted by molar-refractivity contribution is 6.06. The third kappa shape index (κ3) is 2.85. The van der Waals surface area contributed by atoms with Gasteiger partial charge in [-0.2, -0.15) is 0 Å². The second kappa shape index (κ2) is 6.13. The lowest BCUT2D eigenvalue weighted by molar-refractivity contribution is 0.0985. The number of para-hydroxylation sites is 1. The normalized spacial score (nSPS) is 13.9. The van der Waals surface area contributed by atoms with Crippen LogP contribution in [0.1, 0.15) is 41.3 Å². The van der Waals surface area contributed by atoms with Gasteiger partial charge in [-0.05, 0) is 48.6 Å². The molecule has 2 aromatic carbocycles. The van der Waals surface area contributed by atoms with E-state index in [1.807, 2.05) is 29.2 Å². The van der Waals surface area contributed by atoms with Crippen LogP contribution in [0.3, 0.4) is 0 Å². The van der Waals surface area contributed by atoms with Gasteiger partial charge in [0.05, 0.1) is 0 Å². The summed E-state index contributed by atoms with van der Waals surface area (Å²) >= 11 is 0. The molecule has 0 saturated heterocycles. The molecule has 0 aliphatic carbocycles. The average Bonchev–Trinajstić information content (AvgIpc) is 2.54. The maximum atomic E-state index is 12.8. The van der Waals surface area contributed by atoms with E-state index >= 15 is 0 Å². The van der Waals surface area contributed by atoms with Gasteiger partial charge < -0.3 is 4.90 Å². The zero-order valence-electron chi connectivity index (χ0n) is 12.5. The number of hydrogen-bond acceptors (Lipinski definition) is 1. The molecular formula is C19H21NO. The van der Waals surface area contributed by atoms with Crippen molar-refractivity contribution in [3.8, 4) is 0 Å². The average molecular weight is 279 g/mol. The third-order valence-corrected chi connectivity index (χ3v) is 4.07. The Morgan fingerprint density at radius 1 is 1.14 bits per heavy atom. The number of aryl methyl sites for hydroxylation is 2.